The van der Waals surface area contributed by atoms with E-state index in [0.717, 1.165) is 31.4 Å². The molecular weight excluding hydrogens is 254 g/mol. The van der Waals surface area contributed by atoms with Crippen molar-refractivity contribution >= 4 is 11.9 Å². The van der Waals surface area contributed by atoms with Crippen LogP contribution in [-0.2, 0) is 11.3 Å². The van der Waals surface area contributed by atoms with Crippen LogP contribution in [0.4, 0.5) is 0 Å². The van der Waals surface area contributed by atoms with E-state index in [1.165, 1.54) is 0 Å². The molecule has 1 aromatic carbocycles. The third-order valence-corrected chi connectivity index (χ3v) is 4.05. The van der Waals surface area contributed by atoms with Crippen LogP contribution in [0.5, 0.6) is 0 Å². The smallest absolute Gasteiger partial charge is 0.335 e. The number of likely N-dealkylation sites (tertiary alicyclic amines) is 1. The van der Waals surface area contributed by atoms with Gasteiger partial charge in [-0.2, -0.15) is 0 Å². The number of hydrogen-bond acceptors (Lipinski definition) is 2. The lowest BCUT2D eigenvalue weighted by Crippen LogP contribution is -2.29. The molecule has 1 aromatic rings. The van der Waals surface area contributed by atoms with Gasteiger partial charge in [0, 0.05) is 19.5 Å². The van der Waals surface area contributed by atoms with Gasteiger partial charge in [0.1, 0.15) is 0 Å². The van der Waals surface area contributed by atoms with Gasteiger partial charge in [-0.1, -0.05) is 25.5 Å². The number of carboxylic acid groups (broad SMARTS) is 1. The van der Waals surface area contributed by atoms with Crippen LogP contribution in [0.15, 0.2) is 24.3 Å². The zero-order chi connectivity index (χ0) is 14.5. The predicted molar refractivity (Wildman–Crippen MR) is 76.5 cm³/mol. The molecule has 0 aromatic heterocycles. The number of nitrogens with zero attached hydrogens (tertiary/aromatic N) is 1. The van der Waals surface area contributed by atoms with E-state index in [2.05, 4.69) is 6.92 Å². The SMILES string of the molecule is CCC1CCC(=O)N(Cc2cccc(C(=O)O)c2)CC1. The molecule has 1 N–H and O–H groups in total. The molecule has 20 heavy (non-hydrogen) atoms. The first-order valence-corrected chi connectivity index (χ1v) is 7.20. The Morgan fingerprint density at radius 2 is 2.20 bits per heavy atom. The molecular formula is C16H21NO3. The van der Waals surface area contributed by atoms with Crippen molar-refractivity contribution in [1.82, 2.24) is 4.90 Å². The third kappa shape index (κ3) is 3.59. The molecule has 1 amide bonds. The van der Waals surface area contributed by atoms with Crippen molar-refractivity contribution in [2.24, 2.45) is 5.92 Å². The van der Waals surface area contributed by atoms with Crippen LogP contribution in [0.2, 0.25) is 0 Å². The average Bonchev–Trinajstić information content (AvgIpc) is 2.62. The van der Waals surface area contributed by atoms with Crippen molar-refractivity contribution in [1.29, 1.82) is 0 Å². The zero-order valence-electron chi connectivity index (χ0n) is 11.8. The Kier molecular flexibility index (Phi) is 4.77. The second kappa shape index (κ2) is 6.55. The molecule has 0 bridgehead atoms. The van der Waals surface area contributed by atoms with Crippen LogP contribution in [0, 0.1) is 5.92 Å². The first-order chi connectivity index (χ1) is 9.60. The summed E-state index contributed by atoms with van der Waals surface area (Å²) in [5, 5.41) is 9.00. The molecule has 0 aliphatic carbocycles. The lowest BCUT2D eigenvalue weighted by molar-refractivity contribution is -0.131. The van der Waals surface area contributed by atoms with E-state index < -0.39 is 5.97 Å². The standard InChI is InChI=1S/C16H21NO3/c1-2-12-6-7-15(18)17(9-8-12)11-13-4-3-5-14(10-13)16(19)20/h3-5,10,12H,2,6-9,11H2,1H3,(H,19,20). The summed E-state index contributed by atoms with van der Waals surface area (Å²) >= 11 is 0. The highest BCUT2D eigenvalue weighted by molar-refractivity contribution is 5.87. The van der Waals surface area contributed by atoms with Gasteiger partial charge in [0.05, 0.1) is 5.56 Å². The second-order valence-electron chi connectivity index (χ2n) is 5.42. The van der Waals surface area contributed by atoms with Crippen molar-refractivity contribution in [3.63, 3.8) is 0 Å². The summed E-state index contributed by atoms with van der Waals surface area (Å²) < 4.78 is 0. The van der Waals surface area contributed by atoms with Gasteiger partial charge >= 0.3 is 5.97 Å². The van der Waals surface area contributed by atoms with E-state index >= 15 is 0 Å². The molecule has 0 spiro atoms. The van der Waals surface area contributed by atoms with Gasteiger partial charge in [-0.05, 0) is 36.5 Å². The first-order valence-electron chi connectivity index (χ1n) is 7.20. The van der Waals surface area contributed by atoms with Crippen molar-refractivity contribution < 1.29 is 14.7 Å². The maximum absolute atomic E-state index is 12.1. The van der Waals surface area contributed by atoms with E-state index in [1.807, 2.05) is 11.0 Å². The van der Waals surface area contributed by atoms with E-state index in [9.17, 15) is 9.59 Å². The zero-order valence-corrected chi connectivity index (χ0v) is 11.8. The summed E-state index contributed by atoms with van der Waals surface area (Å²) in [4.78, 5) is 24.9. The number of carboxylic acids is 1. The lowest BCUT2D eigenvalue weighted by atomic mass is 9.98. The normalized spacial score (nSPS) is 19.8. The average molecular weight is 275 g/mol. The van der Waals surface area contributed by atoms with Gasteiger partial charge in [-0.25, -0.2) is 4.79 Å². The third-order valence-electron chi connectivity index (χ3n) is 4.05. The Balaban J connectivity index is 2.06. The van der Waals surface area contributed by atoms with Crippen LogP contribution in [0.1, 0.15) is 48.5 Å². The van der Waals surface area contributed by atoms with Gasteiger partial charge in [0.25, 0.3) is 0 Å². The topological polar surface area (TPSA) is 57.6 Å². The highest BCUT2D eigenvalue weighted by Gasteiger charge is 2.21. The summed E-state index contributed by atoms with van der Waals surface area (Å²) in [6.45, 7) is 3.45. The highest BCUT2D eigenvalue weighted by atomic mass is 16.4. The molecule has 4 nitrogen and oxygen atoms in total. The second-order valence-corrected chi connectivity index (χ2v) is 5.42. The number of carbonyl (C=O) groups excluding carboxylic acids is 1. The Hall–Kier alpha value is -1.84. The quantitative estimate of drug-likeness (QED) is 0.919. The van der Waals surface area contributed by atoms with Gasteiger partial charge in [-0.15, -0.1) is 0 Å². The van der Waals surface area contributed by atoms with Crippen LogP contribution in [0.3, 0.4) is 0 Å². The largest absolute Gasteiger partial charge is 0.478 e. The minimum absolute atomic E-state index is 0.182. The molecule has 1 atom stereocenters. The fourth-order valence-corrected chi connectivity index (χ4v) is 2.69. The van der Waals surface area contributed by atoms with Gasteiger partial charge in [0.2, 0.25) is 5.91 Å². The number of amides is 1. The van der Waals surface area contributed by atoms with Crippen molar-refractivity contribution in [3.8, 4) is 0 Å². The summed E-state index contributed by atoms with van der Waals surface area (Å²) in [6, 6.07) is 6.83. The number of carbonyl (C=O) groups is 2. The molecule has 108 valence electrons. The van der Waals surface area contributed by atoms with Crippen LogP contribution in [-0.4, -0.2) is 28.4 Å². The van der Waals surface area contributed by atoms with Gasteiger partial charge in [0.15, 0.2) is 0 Å². The maximum Gasteiger partial charge on any atom is 0.335 e. The van der Waals surface area contributed by atoms with Crippen LogP contribution < -0.4 is 0 Å². The summed E-state index contributed by atoms with van der Waals surface area (Å²) in [5.74, 6) is -0.115. The Morgan fingerprint density at radius 3 is 2.90 bits per heavy atom. The summed E-state index contributed by atoms with van der Waals surface area (Å²) in [6.07, 6.45) is 3.74. The lowest BCUT2D eigenvalue weighted by Gasteiger charge is -2.21. The Labute approximate surface area is 119 Å². The minimum Gasteiger partial charge on any atom is -0.478 e. The number of rotatable bonds is 4. The van der Waals surface area contributed by atoms with Crippen molar-refractivity contribution in [3.05, 3.63) is 35.4 Å². The summed E-state index contributed by atoms with van der Waals surface area (Å²) in [7, 11) is 0. The maximum atomic E-state index is 12.1. The van der Waals surface area contributed by atoms with E-state index in [4.69, 9.17) is 5.11 Å². The van der Waals surface area contributed by atoms with Crippen molar-refractivity contribution in [2.45, 2.75) is 39.2 Å². The Bertz CT molecular complexity index is 498. The predicted octanol–water partition coefficient (Wildman–Crippen LogP) is 2.92. The van der Waals surface area contributed by atoms with Gasteiger partial charge in [-0.3, -0.25) is 4.79 Å². The highest BCUT2D eigenvalue weighted by Crippen LogP contribution is 2.22. The van der Waals surface area contributed by atoms with Gasteiger partial charge < -0.3 is 10.0 Å². The number of benzene rings is 1. The van der Waals surface area contributed by atoms with Crippen molar-refractivity contribution in [2.75, 3.05) is 6.54 Å². The molecule has 0 saturated carbocycles. The Morgan fingerprint density at radius 1 is 1.40 bits per heavy atom. The fraction of sp³-hybridized carbons (Fsp3) is 0.500. The van der Waals surface area contributed by atoms with E-state index in [0.29, 0.717) is 18.9 Å². The molecule has 1 saturated heterocycles. The molecule has 1 fully saturated rings. The molecule has 2 rings (SSSR count). The molecule has 1 heterocycles. The van der Waals surface area contributed by atoms with Crippen LogP contribution >= 0.6 is 0 Å². The van der Waals surface area contributed by atoms with E-state index in [1.54, 1.807) is 18.2 Å². The monoisotopic (exact) mass is 275 g/mol. The molecule has 4 heteroatoms. The van der Waals surface area contributed by atoms with E-state index in [-0.39, 0.29) is 11.5 Å². The molecule has 1 unspecified atom stereocenters. The number of aromatic carboxylic acids is 1. The summed E-state index contributed by atoms with van der Waals surface area (Å²) in [5.41, 5.74) is 1.16. The molecule has 0 radical (unpaired) electrons. The molecule has 1 aliphatic rings. The molecule has 1 aliphatic heterocycles. The first kappa shape index (κ1) is 14.6. The minimum atomic E-state index is -0.930. The fourth-order valence-electron chi connectivity index (χ4n) is 2.69. The number of hydrogen-bond donors (Lipinski definition) is 1. The van der Waals surface area contributed by atoms with Crippen LogP contribution in [0.25, 0.3) is 0 Å².